The summed E-state index contributed by atoms with van der Waals surface area (Å²) in [6.07, 6.45) is -0.00630. The summed E-state index contributed by atoms with van der Waals surface area (Å²) < 4.78 is 18.3. The SMILES string of the molecule is COc1ccc(NC2(CC(=O)O)CNC2)cc1F. The lowest BCUT2D eigenvalue weighted by Gasteiger charge is -2.43. The van der Waals surface area contributed by atoms with Crippen molar-refractivity contribution in [3.8, 4) is 5.75 Å². The Labute approximate surface area is 104 Å². The first-order chi connectivity index (χ1) is 8.54. The Morgan fingerprint density at radius 2 is 2.33 bits per heavy atom. The summed E-state index contributed by atoms with van der Waals surface area (Å²) in [6, 6.07) is 4.49. The van der Waals surface area contributed by atoms with E-state index in [1.807, 2.05) is 0 Å². The number of carboxylic acid groups (broad SMARTS) is 1. The van der Waals surface area contributed by atoms with Gasteiger partial charge in [0.2, 0.25) is 0 Å². The lowest BCUT2D eigenvalue weighted by molar-refractivity contribution is -0.138. The van der Waals surface area contributed by atoms with Gasteiger partial charge in [-0.3, -0.25) is 4.79 Å². The van der Waals surface area contributed by atoms with Crippen molar-refractivity contribution in [1.29, 1.82) is 0 Å². The number of nitrogens with one attached hydrogen (secondary N) is 2. The van der Waals surface area contributed by atoms with E-state index < -0.39 is 17.3 Å². The van der Waals surface area contributed by atoms with Crippen LogP contribution in [0.3, 0.4) is 0 Å². The predicted molar refractivity (Wildman–Crippen MR) is 64.4 cm³/mol. The first-order valence-corrected chi connectivity index (χ1v) is 5.59. The van der Waals surface area contributed by atoms with Crippen molar-refractivity contribution >= 4 is 11.7 Å². The molecule has 18 heavy (non-hydrogen) atoms. The average Bonchev–Trinajstić information content (AvgIpc) is 2.25. The van der Waals surface area contributed by atoms with Gasteiger partial charge in [-0.2, -0.15) is 0 Å². The van der Waals surface area contributed by atoms with E-state index in [2.05, 4.69) is 10.6 Å². The van der Waals surface area contributed by atoms with E-state index in [1.165, 1.54) is 19.2 Å². The van der Waals surface area contributed by atoms with Crippen LogP contribution in [-0.4, -0.2) is 36.8 Å². The van der Waals surface area contributed by atoms with Crippen LogP contribution in [0.4, 0.5) is 10.1 Å². The number of methoxy groups -OCH3 is 1. The molecule has 0 bridgehead atoms. The number of carbonyl (C=O) groups is 1. The van der Waals surface area contributed by atoms with E-state index in [9.17, 15) is 9.18 Å². The van der Waals surface area contributed by atoms with E-state index in [-0.39, 0.29) is 12.2 Å². The minimum Gasteiger partial charge on any atom is -0.494 e. The molecule has 2 rings (SSSR count). The van der Waals surface area contributed by atoms with Crippen molar-refractivity contribution in [2.45, 2.75) is 12.0 Å². The minimum absolute atomic E-state index is 0.00630. The summed E-state index contributed by atoms with van der Waals surface area (Å²) in [5.74, 6) is -1.18. The van der Waals surface area contributed by atoms with Gasteiger partial charge in [-0.05, 0) is 12.1 Å². The molecule has 1 aromatic rings. The molecule has 0 radical (unpaired) electrons. The Morgan fingerprint density at radius 1 is 1.61 bits per heavy atom. The van der Waals surface area contributed by atoms with Gasteiger partial charge in [0.25, 0.3) is 0 Å². The second-order valence-corrected chi connectivity index (χ2v) is 4.43. The zero-order chi connectivity index (χ0) is 13.2. The predicted octanol–water partition coefficient (Wildman–Crippen LogP) is 1.06. The normalized spacial score (nSPS) is 16.8. The molecule has 0 saturated carbocycles. The fourth-order valence-corrected chi connectivity index (χ4v) is 2.02. The van der Waals surface area contributed by atoms with Crippen LogP contribution in [0.15, 0.2) is 18.2 Å². The van der Waals surface area contributed by atoms with Crippen LogP contribution in [0.2, 0.25) is 0 Å². The number of benzene rings is 1. The monoisotopic (exact) mass is 254 g/mol. The maximum atomic E-state index is 13.5. The molecule has 98 valence electrons. The zero-order valence-corrected chi connectivity index (χ0v) is 10.00. The molecule has 0 amide bonds. The Bertz CT molecular complexity index is 461. The van der Waals surface area contributed by atoms with Gasteiger partial charge >= 0.3 is 5.97 Å². The lowest BCUT2D eigenvalue weighted by atomic mass is 9.88. The highest BCUT2D eigenvalue weighted by atomic mass is 19.1. The number of hydrogen-bond donors (Lipinski definition) is 3. The van der Waals surface area contributed by atoms with Gasteiger partial charge in [0.15, 0.2) is 11.6 Å². The molecule has 3 N–H and O–H groups in total. The van der Waals surface area contributed by atoms with Crippen molar-refractivity contribution < 1.29 is 19.0 Å². The van der Waals surface area contributed by atoms with E-state index in [4.69, 9.17) is 9.84 Å². The lowest BCUT2D eigenvalue weighted by Crippen LogP contribution is -2.65. The van der Waals surface area contributed by atoms with E-state index >= 15 is 0 Å². The number of rotatable bonds is 5. The third-order valence-corrected chi connectivity index (χ3v) is 2.98. The van der Waals surface area contributed by atoms with Crippen molar-refractivity contribution in [1.82, 2.24) is 5.32 Å². The van der Waals surface area contributed by atoms with Crippen LogP contribution >= 0.6 is 0 Å². The summed E-state index contributed by atoms with van der Waals surface area (Å²) in [6.45, 7) is 1.10. The number of ether oxygens (including phenoxy) is 1. The topological polar surface area (TPSA) is 70.6 Å². The molecular weight excluding hydrogens is 239 g/mol. The number of halogens is 1. The minimum atomic E-state index is -0.877. The molecule has 0 aliphatic carbocycles. The molecular formula is C12H15FN2O3. The Balaban J connectivity index is 2.12. The van der Waals surface area contributed by atoms with Gasteiger partial charge in [-0.15, -0.1) is 0 Å². The van der Waals surface area contributed by atoms with Crippen LogP contribution in [0, 0.1) is 5.82 Å². The molecule has 0 spiro atoms. The highest BCUT2D eigenvalue weighted by Crippen LogP contribution is 2.26. The van der Waals surface area contributed by atoms with Crippen LogP contribution in [-0.2, 0) is 4.79 Å². The molecule has 5 nitrogen and oxygen atoms in total. The molecule has 1 aromatic carbocycles. The summed E-state index contributed by atoms with van der Waals surface area (Å²) in [5.41, 5.74) is 0.0170. The van der Waals surface area contributed by atoms with Crippen LogP contribution in [0.1, 0.15) is 6.42 Å². The summed E-state index contributed by atoms with van der Waals surface area (Å²) in [5, 5.41) is 15.0. The summed E-state index contributed by atoms with van der Waals surface area (Å²) >= 11 is 0. The van der Waals surface area contributed by atoms with Gasteiger partial charge in [-0.25, -0.2) is 4.39 Å². The van der Waals surface area contributed by atoms with Crippen molar-refractivity contribution in [2.24, 2.45) is 0 Å². The summed E-state index contributed by atoms with van der Waals surface area (Å²) in [7, 11) is 1.40. The fraction of sp³-hybridized carbons (Fsp3) is 0.417. The van der Waals surface area contributed by atoms with Crippen molar-refractivity contribution in [3.05, 3.63) is 24.0 Å². The maximum absolute atomic E-state index is 13.5. The van der Waals surface area contributed by atoms with Gasteiger partial charge in [-0.1, -0.05) is 0 Å². The molecule has 6 heteroatoms. The van der Waals surface area contributed by atoms with Crippen molar-refractivity contribution in [2.75, 3.05) is 25.5 Å². The van der Waals surface area contributed by atoms with E-state index in [0.717, 1.165) is 0 Å². The van der Waals surface area contributed by atoms with Gasteiger partial charge < -0.3 is 20.5 Å². The Morgan fingerprint density at radius 3 is 2.78 bits per heavy atom. The number of carboxylic acids is 1. The largest absolute Gasteiger partial charge is 0.494 e. The van der Waals surface area contributed by atoms with Crippen LogP contribution in [0.5, 0.6) is 5.75 Å². The molecule has 0 unspecified atom stereocenters. The van der Waals surface area contributed by atoms with Crippen LogP contribution < -0.4 is 15.4 Å². The highest BCUT2D eigenvalue weighted by molar-refractivity contribution is 5.70. The molecule has 1 saturated heterocycles. The third-order valence-electron chi connectivity index (χ3n) is 2.98. The highest BCUT2D eigenvalue weighted by Gasteiger charge is 2.39. The second-order valence-electron chi connectivity index (χ2n) is 4.43. The molecule has 1 fully saturated rings. The standard InChI is InChI=1S/C12H15FN2O3/c1-18-10-3-2-8(4-9(10)13)15-12(5-11(16)17)6-14-7-12/h2-4,14-15H,5-7H2,1H3,(H,16,17). The number of anilines is 1. The smallest absolute Gasteiger partial charge is 0.305 e. The van der Waals surface area contributed by atoms with Crippen molar-refractivity contribution in [3.63, 3.8) is 0 Å². The molecule has 1 aliphatic heterocycles. The van der Waals surface area contributed by atoms with Crippen LogP contribution in [0.25, 0.3) is 0 Å². The Hall–Kier alpha value is -1.82. The Kier molecular flexibility index (Phi) is 3.38. The average molecular weight is 254 g/mol. The first-order valence-electron chi connectivity index (χ1n) is 5.59. The first kappa shape index (κ1) is 12.6. The molecule has 0 aromatic heterocycles. The molecule has 1 aliphatic rings. The van der Waals surface area contributed by atoms with Gasteiger partial charge in [0.05, 0.1) is 19.1 Å². The number of aliphatic carboxylic acids is 1. The second kappa shape index (κ2) is 4.81. The van der Waals surface area contributed by atoms with Gasteiger partial charge in [0, 0.05) is 24.8 Å². The third kappa shape index (κ3) is 2.53. The summed E-state index contributed by atoms with van der Waals surface area (Å²) in [4.78, 5) is 10.8. The quantitative estimate of drug-likeness (QED) is 0.733. The maximum Gasteiger partial charge on any atom is 0.305 e. The zero-order valence-electron chi connectivity index (χ0n) is 10.00. The fourth-order valence-electron chi connectivity index (χ4n) is 2.02. The molecule has 1 heterocycles. The van der Waals surface area contributed by atoms with E-state index in [0.29, 0.717) is 18.8 Å². The van der Waals surface area contributed by atoms with Gasteiger partial charge in [0.1, 0.15) is 0 Å². The molecule has 0 atom stereocenters. The number of hydrogen-bond acceptors (Lipinski definition) is 4. The van der Waals surface area contributed by atoms with E-state index in [1.54, 1.807) is 6.07 Å².